The van der Waals surface area contributed by atoms with E-state index < -0.39 is 5.97 Å². The van der Waals surface area contributed by atoms with Gasteiger partial charge in [0, 0.05) is 11.8 Å². The molecule has 1 heterocycles. The van der Waals surface area contributed by atoms with Crippen LogP contribution >= 0.6 is 23.3 Å². The molecule has 0 bridgehead atoms. The number of hydrogen-bond acceptors (Lipinski definition) is 5. The summed E-state index contributed by atoms with van der Waals surface area (Å²) in [4.78, 5) is 14.5. The van der Waals surface area contributed by atoms with Crippen molar-refractivity contribution in [2.45, 2.75) is 10.1 Å². The molecule has 0 aliphatic carbocycles. The summed E-state index contributed by atoms with van der Waals surface area (Å²) >= 11 is 2.99. The smallest absolute Gasteiger partial charge is 0.328 e. The van der Waals surface area contributed by atoms with Gasteiger partial charge in [-0.05, 0) is 28.7 Å². The zero-order valence-corrected chi connectivity index (χ0v) is 10.9. The average molecular weight is 278 g/mol. The van der Waals surface area contributed by atoms with Crippen molar-refractivity contribution in [2.75, 3.05) is 0 Å². The summed E-state index contributed by atoms with van der Waals surface area (Å²) in [6.45, 7) is 0. The van der Waals surface area contributed by atoms with E-state index in [1.807, 2.05) is 24.3 Å². The van der Waals surface area contributed by atoms with Crippen molar-refractivity contribution in [2.24, 2.45) is 0 Å². The molecule has 1 N–H and O–H groups in total. The van der Waals surface area contributed by atoms with Crippen LogP contribution in [0.25, 0.3) is 6.08 Å². The minimum Gasteiger partial charge on any atom is -0.478 e. The maximum Gasteiger partial charge on any atom is 0.328 e. The highest BCUT2D eigenvalue weighted by Gasteiger charge is 2.00. The zero-order valence-electron chi connectivity index (χ0n) is 9.31. The summed E-state index contributed by atoms with van der Waals surface area (Å²) in [5.74, 6) is -0.145. The van der Waals surface area contributed by atoms with Crippen LogP contribution in [0.5, 0.6) is 0 Å². The zero-order chi connectivity index (χ0) is 12.8. The predicted octanol–water partition coefficient (Wildman–Crippen LogP) is 2.93. The second kappa shape index (κ2) is 6.32. The Bertz CT molecular complexity index is 553. The van der Waals surface area contributed by atoms with Gasteiger partial charge in [-0.2, -0.15) is 4.37 Å². The van der Waals surface area contributed by atoms with Crippen LogP contribution < -0.4 is 0 Å². The van der Waals surface area contributed by atoms with Crippen molar-refractivity contribution < 1.29 is 9.90 Å². The molecule has 0 spiro atoms. The fourth-order valence-corrected chi connectivity index (χ4v) is 2.71. The Hall–Kier alpha value is -1.66. The molecule has 2 aromatic rings. The lowest BCUT2D eigenvalue weighted by molar-refractivity contribution is -0.131. The van der Waals surface area contributed by atoms with Crippen LogP contribution in [0.3, 0.4) is 0 Å². The largest absolute Gasteiger partial charge is 0.478 e. The molecule has 0 amide bonds. The average Bonchev–Trinajstić information content (AvgIpc) is 2.87. The Morgan fingerprint density at radius 2 is 2.39 bits per heavy atom. The number of thioether (sulfide) groups is 1. The number of carboxylic acid groups (broad SMARTS) is 1. The van der Waals surface area contributed by atoms with E-state index in [1.165, 1.54) is 11.5 Å². The number of carbonyl (C=O) groups is 1. The van der Waals surface area contributed by atoms with Crippen LogP contribution in [0, 0.1) is 0 Å². The van der Waals surface area contributed by atoms with Gasteiger partial charge in [0.1, 0.15) is 6.33 Å². The molecule has 1 aromatic heterocycles. The summed E-state index contributed by atoms with van der Waals surface area (Å²) in [5, 5.41) is 8.57. The van der Waals surface area contributed by atoms with Gasteiger partial charge in [-0.15, -0.1) is 0 Å². The fraction of sp³-hybridized carbons (Fsp3) is 0.0833. The van der Waals surface area contributed by atoms with Crippen molar-refractivity contribution in [3.8, 4) is 0 Å². The molecule has 92 valence electrons. The number of rotatable bonds is 5. The van der Waals surface area contributed by atoms with E-state index >= 15 is 0 Å². The Morgan fingerprint density at radius 1 is 1.50 bits per heavy atom. The molecule has 0 unspecified atom stereocenters. The molecule has 18 heavy (non-hydrogen) atoms. The van der Waals surface area contributed by atoms with E-state index in [4.69, 9.17) is 5.11 Å². The molecule has 0 saturated carbocycles. The third kappa shape index (κ3) is 3.97. The molecule has 0 atom stereocenters. The highest BCUT2D eigenvalue weighted by atomic mass is 32.2. The van der Waals surface area contributed by atoms with E-state index in [0.717, 1.165) is 27.3 Å². The first-order valence-electron chi connectivity index (χ1n) is 5.13. The van der Waals surface area contributed by atoms with Crippen molar-refractivity contribution in [3.05, 3.63) is 47.8 Å². The van der Waals surface area contributed by atoms with E-state index in [0.29, 0.717) is 0 Å². The molecule has 0 saturated heterocycles. The standard InChI is InChI=1S/C12H10N2O2S2/c15-11(16)5-4-9-2-1-3-10(6-9)7-17-12-13-8-14-18-12/h1-6,8H,7H2,(H,15,16). The van der Waals surface area contributed by atoms with Crippen LogP contribution in [0.2, 0.25) is 0 Å². The van der Waals surface area contributed by atoms with Crippen molar-refractivity contribution in [3.63, 3.8) is 0 Å². The van der Waals surface area contributed by atoms with Gasteiger partial charge in [-0.25, -0.2) is 9.78 Å². The van der Waals surface area contributed by atoms with Gasteiger partial charge in [0.25, 0.3) is 0 Å². The number of aliphatic carboxylic acids is 1. The topological polar surface area (TPSA) is 63.1 Å². The predicted molar refractivity (Wildman–Crippen MR) is 72.6 cm³/mol. The van der Waals surface area contributed by atoms with Crippen LogP contribution in [0.4, 0.5) is 0 Å². The first-order valence-corrected chi connectivity index (χ1v) is 6.89. The summed E-state index contributed by atoms with van der Waals surface area (Å²) < 4.78 is 4.87. The maximum atomic E-state index is 10.4. The Labute approximate surface area is 113 Å². The van der Waals surface area contributed by atoms with Crippen LogP contribution in [0.15, 0.2) is 41.0 Å². The minimum absolute atomic E-state index is 0.796. The van der Waals surface area contributed by atoms with E-state index in [-0.39, 0.29) is 0 Å². The molecule has 0 fully saturated rings. The molecule has 6 heteroatoms. The van der Waals surface area contributed by atoms with Gasteiger partial charge in [-0.3, -0.25) is 0 Å². The van der Waals surface area contributed by atoms with Crippen molar-refractivity contribution >= 4 is 35.3 Å². The molecule has 1 aromatic carbocycles. The van der Waals surface area contributed by atoms with Crippen LogP contribution in [0.1, 0.15) is 11.1 Å². The monoisotopic (exact) mass is 278 g/mol. The highest BCUT2D eigenvalue weighted by Crippen LogP contribution is 2.23. The highest BCUT2D eigenvalue weighted by molar-refractivity contribution is 8.00. The fourth-order valence-electron chi connectivity index (χ4n) is 1.33. The number of hydrogen-bond donors (Lipinski definition) is 1. The molecular formula is C12H10N2O2S2. The van der Waals surface area contributed by atoms with Gasteiger partial charge < -0.3 is 5.11 Å². The molecule has 4 nitrogen and oxygen atoms in total. The quantitative estimate of drug-likeness (QED) is 0.673. The SMILES string of the molecule is O=C(O)C=Cc1cccc(CSc2ncns2)c1. The third-order valence-corrected chi connectivity index (χ3v) is 3.94. The van der Waals surface area contributed by atoms with E-state index in [1.54, 1.807) is 24.2 Å². The lowest BCUT2D eigenvalue weighted by Gasteiger charge is -2.00. The number of benzene rings is 1. The molecule has 0 aliphatic heterocycles. The second-order valence-corrected chi connectivity index (χ2v) is 5.42. The second-order valence-electron chi connectivity index (χ2n) is 3.41. The molecule has 0 aliphatic rings. The van der Waals surface area contributed by atoms with E-state index in [2.05, 4.69) is 9.36 Å². The summed E-state index contributed by atoms with van der Waals surface area (Å²) in [6.07, 6.45) is 4.26. The van der Waals surface area contributed by atoms with Gasteiger partial charge >= 0.3 is 5.97 Å². The Balaban J connectivity index is 2.01. The molecule has 2 rings (SSSR count). The summed E-state index contributed by atoms with van der Waals surface area (Å²) in [7, 11) is 0. The van der Waals surface area contributed by atoms with Crippen molar-refractivity contribution in [1.29, 1.82) is 0 Å². The van der Waals surface area contributed by atoms with Crippen LogP contribution in [-0.2, 0) is 10.5 Å². The lowest BCUT2D eigenvalue weighted by atomic mass is 10.1. The van der Waals surface area contributed by atoms with Gasteiger partial charge in [-0.1, -0.05) is 36.0 Å². The molecular weight excluding hydrogens is 268 g/mol. The van der Waals surface area contributed by atoms with Crippen LogP contribution in [-0.4, -0.2) is 20.4 Å². The first-order chi connectivity index (χ1) is 8.74. The third-order valence-electron chi connectivity index (χ3n) is 2.07. The first kappa shape index (κ1) is 12.8. The minimum atomic E-state index is -0.941. The molecule has 0 radical (unpaired) electrons. The Kier molecular flexibility index (Phi) is 4.49. The normalized spacial score (nSPS) is 10.9. The lowest BCUT2D eigenvalue weighted by Crippen LogP contribution is -1.86. The summed E-state index contributed by atoms with van der Waals surface area (Å²) in [6, 6.07) is 7.76. The van der Waals surface area contributed by atoms with Crippen molar-refractivity contribution in [1.82, 2.24) is 9.36 Å². The van der Waals surface area contributed by atoms with E-state index in [9.17, 15) is 4.79 Å². The summed E-state index contributed by atoms with van der Waals surface area (Å²) in [5.41, 5.74) is 2.01. The number of nitrogens with zero attached hydrogens (tertiary/aromatic N) is 2. The Morgan fingerprint density at radius 3 is 3.11 bits per heavy atom. The van der Waals surface area contributed by atoms with Gasteiger partial charge in [0.05, 0.1) is 0 Å². The number of aromatic nitrogens is 2. The van der Waals surface area contributed by atoms with Gasteiger partial charge in [0.15, 0.2) is 4.34 Å². The van der Waals surface area contributed by atoms with Gasteiger partial charge in [0.2, 0.25) is 0 Å². The maximum absolute atomic E-state index is 10.4. The number of carboxylic acids is 1.